The second kappa shape index (κ2) is 12.0. The van der Waals surface area contributed by atoms with Crippen LogP contribution in [0.4, 0.5) is 0 Å². The number of aromatic nitrogens is 1. The molecule has 0 radical (unpaired) electrons. The minimum atomic E-state index is 0. The summed E-state index contributed by atoms with van der Waals surface area (Å²) in [5, 5.41) is 7.87. The highest BCUT2D eigenvalue weighted by atomic mass is 127. The molecule has 1 aliphatic rings. The summed E-state index contributed by atoms with van der Waals surface area (Å²) in [6.07, 6.45) is 2.64. The fraction of sp³-hybridized carbons (Fsp3) is 0.765. The van der Waals surface area contributed by atoms with Gasteiger partial charge >= 0.3 is 0 Å². The molecule has 0 atom stereocenters. The Hall–Kier alpha value is -0.450. The molecule has 0 amide bonds. The molecule has 2 N–H and O–H groups in total. The lowest BCUT2D eigenvalue weighted by molar-refractivity contribution is 0.144. The first kappa shape index (κ1) is 22.6. The molecule has 144 valence electrons. The molecule has 25 heavy (non-hydrogen) atoms. The van der Waals surface area contributed by atoms with Crippen molar-refractivity contribution in [2.45, 2.75) is 46.2 Å². The maximum absolute atomic E-state index is 5.21. The minimum Gasteiger partial charge on any atom is -0.383 e. The van der Waals surface area contributed by atoms with Crippen LogP contribution in [0.25, 0.3) is 0 Å². The summed E-state index contributed by atoms with van der Waals surface area (Å²) in [7, 11) is 1.77. The number of nitrogens with one attached hydrogen (secondary N) is 2. The Morgan fingerprint density at radius 1 is 1.32 bits per heavy atom. The van der Waals surface area contributed by atoms with Gasteiger partial charge in [0.2, 0.25) is 0 Å². The molecule has 0 aliphatic heterocycles. The Morgan fingerprint density at radius 3 is 2.64 bits per heavy atom. The summed E-state index contributed by atoms with van der Waals surface area (Å²) in [4.78, 5) is 12.9. The third-order valence-electron chi connectivity index (χ3n) is 4.06. The monoisotopic (exact) mass is 481 g/mol. The van der Waals surface area contributed by atoms with Crippen LogP contribution in [0.2, 0.25) is 0 Å². The van der Waals surface area contributed by atoms with Gasteiger partial charge in [-0.15, -0.1) is 35.3 Å². The van der Waals surface area contributed by atoms with Crippen LogP contribution in [0, 0.1) is 13.8 Å². The average Bonchev–Trinajstić information content (AvgIpc) is 3.33. The van der Waals surface area contributed by atoms with Crippen LogP contribution in [0.3, 0.4) is 0 Å². The lowest BCUT2D eigenvalue weighted by Crippen LogP contribution is -2.42. The number of aliphatic imine (C=N–C) groups is 1. The van der Waals surface area contributed by atoms with E-state index in [9.17, 15) is 0 Å². The van der Waals surface area contributed by atoms with Gasteiger partial charge in [0.15, 0.2) is 5.96 Å². The van der Waals surface area contributed by atoms with Gasteiger partial charge < -0.3 is 15.4 Å². The summed E-state index contributed by atoms with van der Waals surface area (Å²) in [5.41, 5.74) is 1.09. The van der Waals surface area contributed by atoms with Crippen LogP contribution in [-0.4, -0.2) is 61.8 Å². The zero-order valence-electron chi connectivity index (χ0n) is 15.8. The van der Waals surface area contributed by atoms with Gasteiger partial charge in [-0.05, 0) is 33.6 Å². The largest absolute Gasteiger partial charge is 0.383 e. The van der Waals surface area contributed by atoms with Crippen LogP contribution in [0.15, 0.2) is 4.99 Å². The Labute approximate surface area is 172 Å². The quantitative estimate of drug-likeness (QED) is 0.306. The van der Waals surface area contributed by atoms with E-state index < -0.39 is 0 Å². The van der Waals surface area contributed by atoms with E-state index in [1.165, 1.54) is 17.7 Å². The third-order valence-corrected chi connectivity index (χ3v) is 5.12. The number of guanidine groups is 1. The van der Waals surface area contributed by atoms with E-state index in [4.69, 9.17) is 9.73 Å². The van der Waals surface area contributed by atoms with Gasteiger partial charge in [-0.1, -0.05) is 0 Å². The molecule has 0 saturated heterocycles. The lowest BCUT2D eigenvalue weighted by atomic mass is 10.4. The highest BCUT2D eigenvalue weighted by Gasteiger charge is 2.28. The van der Waals surface area contributed by atoms with Crippen LogP contribution in [0.1, 0.15) is 35.3 Å². The van der Waals surface area contributed by atoms with Crippen molar-refractivity contribution in [2.24, 2.45) is 4.99 Å². The van der Waals surface area contributed by atoms with Gasteiger partial charge in [-0.25, -0.2) is 9.98 Å². The SMILES string of the molecule is CCNC(=NCc1sc(C)nc1C)NCCN(CCOC)C1CC1.I. The zero-order valence-corrected chi connectivity index (χ0v) is 18.9. The Kier molecular flexibility index (Phi) is 10.9. The van der Waals surface area contributed by atoms with Gasteiger partial charge in [0.25, 0.3) is 0 Å². The summed E-state index contributed by atoms with van der Waals surface area (Å²) in [5.74, 6) is 0.880. The summed E-state index contributed by atoms with van der Waals surface area (Å²) in [6.45, 7) is 11.5. The fourth-order valence-corrected chi connectivity index (χ4v) is 3.52. The van der Waals surface area contributed by atoms with E-state index in [0.29, 0.717) is 6.54 Å². The van der Waals surface area contributed by atoms with Gasteiger partial charge in [0.1, 0.15) is 0 Å². The molecule has 1 fully saturated rings. The van der Waals surface area contributed by atoms with E-state index in [0.717, 1.165) is 55.5 Å². The molecule has 1 saturated carbocycles. The van der Waals surface area contributed by atoms with Crippen LogP contribution in [-0.2, 0) is 11.3 Å². The second-order valence-electron chi connectivity index (χ2n) is 6.12. The standard InChI is InChI=1S/C17H31N5OS.HI/c1-5-18-17(20-12-16-13(2)21-14(3)24-16)19-8-9-22(10-11-23-4)15-6-7-15;/h15H,5-12H2,1-4H3,(H2,18,19,20);1H. The van der Waals surface area contributed by atoms with Crippen LogP contribution >= 0.6 is 35.3 Å². The first-order valence-corrected chi connectivity index (χ1v) is 9.63. The molecule has 1 aromatic rings. The molecule has 1 aromatic heterocycles. The highest BCUT2D eigenvalue weighted by Crippen LogP contribution is 2.26. The normalized spacial score (nSPS) is 14.5. The molecule has 0 bridgehead atoms. The highest BCUT2D eigenvalue weighted by molar-refractivity contribution is 14.0. The van der Waals surface area contributed by atoms with Crippen molar-refractivity contribution in [3.05, 3.63) is 15.6 Å². The molecule has 1 heterocycles. The van der Waals surface area contributed by atoms with Gasteiger partial charge in [0.05, 0.1) is 23.9 Å². The predicted molar refractivity (Wildman–Crippen MR) is 116 cm³/mol. The Morgan fingerprint density at radius 2 is 2.08 bits per heavy atom. The molecule has 1 aliphatic carbocycles. The van der Waals surface area contributed by atoms with Crippen molar-refractivity contribution in [1.82, 2.24) is 20.5 Å². The van der Waals surface area contributed by atoms with Gasteiger partial charge in [-0.2, -0.15) is 0 Å². The number of nitrogens with zero attached hydrogens (tertiary/aromatic N) is 3. The number of ether oxygens (including phenoxy) is 1. The number of methoxy groups -OCH3 is 1. The zero-order chi connectivity index (χ0) is 17.4. The van der Waals surface area contributed by atoms with E-state index in [1.807, 2.05) is 6.92 Å². The Balaban J connectivity index is 0.00000312. The van der Waals surface area contributed by atoms with Crippen molar-refractivity contribution in [3.63, 3.8) is 0 Å². The maximum atomic E-state index is 5.21. The van der Waals surface area contributed by atoms with Crippen molar-refractivity contribution in [3.8, 4) is 0 Å². The average molecular weight is 481 g/mol. The summed E-state index contributed by atoms with van der Waals surface area (Å²) < 4.78 is 5.21. The molecule has 0 aromatic carbocycles. The second-order valence-corrected chi connectivity index (χ2v) is 7.41. The minimum absolute atomic E-state index is 0. The van der Waals surface area contributed by atoms with E-state index in [2.05, 4.69) is 34.4 Å². The molecular weight excluding hydrogens is 449 g/mol. The van der Waals surface area contributed by atoms with E-state index >= 15 is 0 Å². The van der Waals surface area contributed by atoms with Crippen LogP contribution in [0.5, 0.6) is 0 Å². The predicted octanol–water partition coefficient (Wildman–Crippen LogP) is 2.54. The molecule has 0 spiro atoms. The Bertz CT molecular complexity index is 533. The molecule has 0 unspecified atom stereocenters. The van der Waals surface area contributed by atoms with Crippen molar-refractivity contribution in [2.75, 3.05) is 39.9 Å². The smallest absolute Gasteiger partial charge is 0.191 e. The molecule has 8 heteroatoms. The number of halogens is 1. The molecule has 6 nitrogen and oxygen atoms in total. The maximum Gasteiger partial charge on any atom is 0.191 e. The summed E-state index contributed by atoms with van der Waals surface area (Å²) >= 11 is 1.73. The fourth-order valence-electron chi connectivity index (χ4n) is 2.66. The third kappa shape index (κ3) is 8.19. The lowest BCUT2D eigenvalue weighted by Gasteiger charge is -2.22. The van der Waals surface area contributed by atoms with E-state index in [1.54, 1.807) is 18.4 Å². The number of hydrogen-bond acceptors (Lipinski definition) is 5. The topological polar surface area (TPSA) is 61.8 Å². The van der Waals surface area contributed by atoms with Crippen molar-refractivity contribution >= 4 is 41.3 Å². The van der Waals surface area contributed by atoms with E-state index in [-0.39, 0.29) is 24.0 Å². The number of hydrogen-bond donors (Lipinski definition) is 2. The van der Waals surface area contributed by atoms with Crippen molar-refractivity contribution in [1.29, 1.82) is 0 Å². The van der Waals surface area contributed by atoms with Gasteiger partial charge in [0, 0.05) is 44.2 Å². The summed E-state index contributed by atoms with van der Waals surface area (Å²) in [6, 6.07) is 0.754. The number of aryl methyl sites for hydroxylation is 2. The molecular formula is C17H32IN5OS. The first-order chi connectivity index (χ1) is 11.6. The first-order valence-electron chi connectivity index (χ1n) is 8.82. The van der Waals surface area contributed by atoms with Crippen molar-refractivity contribution < 1.29 is 4.74 Å². The van der Waals surface area contributed by atoms with Crippen LogP contribution < -0.4 is 10.6 Å². The number of thiazole rings is 1. The molecule has 2 rings (SSSR count). The van der Waals surface area contributed by atoms with Gasteiger partial charge in [-0.3, -0.25) is 4.90 Å². The number of rotatable bonds is 10.